The summed E-state index contributed by atoms with van der Waals surface area (Å²) in [5.41, 5.74) is 0. The van der Waals surface area contributed by atoms with Crippen LogP contribution in [0.3, 0.4) is 0 Å². The SMILES string of the molecule is O=C(O)C1CCC(C(=O)NCCc2ncno2)C1. The lowest BCUT2D eigenvalue weighted by Gasteiger charge is -2.09. The molecule has 1 aliphatic carbocycles. The van der Waals surface area contributed by atoms with Gasteiger partial charge >= 0.3 is 5.97 Å². The van der Waals surface area contributed by atoms with Gasteiger partial charge in [-0.15, -0.1) is 0 Å². The van der Waals surface area contributed by atoms with E-state index in [0.717, 1.165) is 0 Å². The van der Waals surface area contributed by atoms with E-state index in [1.807, 2.05) is 0 Å². The number of nitrogens with one attached hydrogen (secondary N) is 1. The number of amides is 1. The van der Waals surface area contributed by atoms with Crippen molar-refractivity contribution < 1.29 is 19.2 Å². The van der Waals surface area contributed by atoms with E-state index in [1.54, 1.807) is 0 Å². The van der Waals surface area contributed by atoms with Crippen molar-refractivity contribution in [2.24, 2.45) is 11.8 Å². The fourth-order valence-corrected chi connectivity index (χ4v) is 2.19. The zero-order chi connectivity index (χ0) is 13.0. The molecule has 2 atom stereocenters. The predicted octanol–water partition coefficient (Wildman–Crippen LogP) is 0.229. The first-order chi connectivity index (χ1) is 8.66. The van der Waals surface area contributed by atoms with Gasteiger partial charge in [-0.05, 0) is 19.3 Å². The first-order valence-corrected chi connectivity index (χ1v) is 5.93. The Balaban J connectivity index is 1.71. The number of carbonyl (C=O) groups excluding carboxylic acids is 1. The van der Waals surface area contributed by atoms with Crippen LogP contribution in [0, 0.1) is 11.8 Å². The lowest BCUT2D eigenvalue weighted by molar-refractivity contribution is -0.141. The van der Waals surface area contributed by atoms with Crippen LogP contribution in [-0.4, -0.2) is 33.7 Å². The van der Waals surface area contributed by atoms with Crippen molar-refractivity contribution in [3.05, 3.63) is 12.2 Å². The number of aromatic nitrogens is 2. The van der Waals surface area contributed by atoms with Crippen LogP contribution in [0.4, 0.5) is 0 Å². The summed E-state index contributed by atoms with van der Waals surface area (Å²) in [5.74, 6) is -0.981. The second-order valence-corrected chi connectivity index (χ2v) is 4.42. The molecule has 1 heterocycles. The van der Waals surface area contributed by atoms with Crippen molar-refractivity contribution in [2.75, 3.05) is 6.54 Å². The van der Waals surface area contributed by atoms with Gasteiger partial charge in [-0.25, -0.2) is 0 Å². The zero-order valence-corrected chi connectivity index (χ0v) is 9.83. The maximum absolute atomic E-state index is 11.8. The number of nitrogens with zero attached hydrogens (tertiary/aromatic N) is 2. The summed E-state index contributed by atoms with van der Waals surface area (Å²) < 4.78 is 4.80. The van der Waals surface area contributed by atoms with Crippen LogP contribution in [-0.2, 0) is 16.0 Å². The molecule has 0 bridgehead atoms. The normalized spacial score (nSPS) is 22.9. The summed E-state index contributed by atoms with van der Waals surface area (Å²) in [6.07, 6.45) is 3.45. The highest BCUT2D eigenvalue weighted by Crippen LogP contribution is 2.30. The molecule has 1 saturated carbocycles. The molecule has 0 aromatic carbocycles. The molecule has 0 radical (unpaired) electrons. The van der Waals surface area contributed by atoms with Crippen LogP contribution in [0.25, 0.3) is 0 Å². The Labute approximate surface area is 104 Å². The monoisotopic (exact) mass is 253 g/mol. The van der Waals surface area contributed by atoms with E-state index in [2.05, 4.69) is 15.5 Å². The van der Waals surface area contributed by atoms with Gasteiger partial charge in [0.25, 0.3) is 0 Å². The molecule has 1 fully saturated rings. The largest absolute Gasteiger partial charge is 0.481 e. The fraction of sp³-hybridized carbons (Fsp3) is 0.636. The van der Waals surface area contributed by atoms with E-state index in [-0.39, 0.29) is 17.7 Å². The van der Waals surface area contributed by atoms with Crippen molar-refractivity contribution in [1.82, 2.24) is 15.5 Å². The van der Waals surface area contributed by atoms with Gasteiger partial charge in [0.1, 0.15) is 0 Å². The van der Waals surface area contributed by atoms with Gasteiger partial charge in [0.05, 0.1) is 5.92 Å². The molecule has 1 amide bonds. The van der Waals surface area contributed by atoms with Crippen molar-refractivity contribution in [1.29, 1.82) is 0 Å². The summed E-state index contributed by atoms with van der Waals surface area (Å²) in [6.45, 7) is 0.426. The number of hydrogen-bond donors (Lipinski definition) is 2. The zero-order valence-electron chi connectivity index (χ0n) is 9.83. The van der Waals surface area contributed by atoms with Crippen molar-refractivity contribution in [3.63, 3.8) is 0 Å². The average Bonchev–Trinajstić information content (AvgIpc) is 2.99. The van der Waals surface area contributed by atoms with Crippen LogP contribution < -0.4 is 5.32 Å². The number of carboxylic acids is 1. The highest BCUT2D eigenvalue weighted by Gasteiger charge is 2.33. The smallest absolute Gasteiger partial charge is 0.306 e. The molecule has 1 aromatic heterocycles. The summed E-state index contributed by atoms with van der Waals surface area (Å²) in [7, 11) is 0. The molecule has 2 rings (SSSR count). The van der Waals surface area contributed by atoms with Crippen molar-refractivity contribution in [2.45, 2.75) is 25.7 Å². The molecule has 7 nitrogen and oxygen atoms in total. The topological polar surface area (TPSA) is 105 Å². The highest BCUT2D eigenvalue weighted by molar-refractivity contribution is 5.80. The molecule has 1 aliphatic rings. The predicted molar refractivity (Wildman–Crippen MR) is 59.5 cm³/mol. The number of hydrogen-bond acceptors (Lipinski definition) is 5. The van der Waals surface area contributed by atoms with Crippen LogP contribution in [0.1, 0.15) is 25.2 Å². The number of rotatable bonds is 5. The third kappa shape index (κ3) is 3.06. The Morgan fingerprint density at radius 3 is 2.83 bits per heavy atom. The average molecular weight is 253 g/mol. The summed E-state index contributed by atoms with van der Waals surface area (Å²) >= 11 is 0. The molecule has 0 spiro atoms. The quantitative estimate of drug-likeness (QED) is 0.778. The van der Waals surface area contributed by atoms with Gasteiger partial charge in [0, 0.05) is 18.9 Å². The lowest BCUT2D eigenvalue weighted by atomic mass is 10.0. The minimum absolute atomic E-state index is 0.0849. The molecule has 0 saturated heterocycles. The molecule has 98 valence electrons. The van der Waals surface area contributed by atoms with Crippen molar-refractivity contribution >= 4 is 11.9 Å². The Morgan fingerprint density at radius 2 is 2.22 bits per heavy atom. The molecule has 2 N–H and O–H groups in total. The Kier molecular flexibility index (Phi) is 3.91. The summed E-state index contributed by atoms with van der Waals surface area (Å²) in [5, 5.41) is 15.1. The lowest BCUT2D eigenvalue weighted by Crippen LogP contribution is -2.31. The molecular formula is C11H15N3O4. The van der Waals surface area contributed by atoms with E-state index in [1.165, 1.54) is 6.33 Å². The summed E-state index contributed by atoms with van der Waals surface area (Å²) in [4.78, 5) is 26.4. The Morgan fingerprint density at radius 1 is 1.44 bits per heavy atom. The minimum Gasteiger partial charge on any atom is -0.481 e. The van der Waals surface area contributed by atoms with Crippen molar-refractivity contribution in [3.8, 4) is 0 Å². The second kappa shape index (κ2) is 5.61. The fourth-order valence-electron chi connectivity index (χ4n) is 2.19. The van der Waals surface area contributed by atoms with E-state index in [0.29, 0.717) is 38.1 Å². The van der Waals surface area contributed by atoms with Gasteiger partial charge in [-0.2, -0.15) is 4.98 Å². The first-order valence-electron chi connectivity index (χ1n) is 5.93. The maximum atomic E-state index is 11.8. The van der Waals surface area contributed by atoms with Gasteiger partial charge in [-0.3, -0.25) is 9.59 Å². The van der Waals surface area contributed by atoms with Gasteiger partial charge in [0.2, 0.25) is 11.8 Å². The molecule has 18 heavy (non-hydrogen) atoms. The molecule has 1 aromatic rings. The minimum atomic E-state index is -0.809. The number of carboxylic acid groups (broad SMARTS) is 1. The van der Waals surface area contributed by atoms with Crippen LogP contribution >= 0.6 is 0 Å². The van der Waals surface area contributed by atoms with E-state index in [4.69, 9.17) is 9.63 Å². The Bertz CT molecular complexity index is 418. The molecule has 2 unspecified atom stereocenters. The van der Waals surface area contributed by atoms with E-state index >= 15 is 0 Å². The standard InChI is InChI=1S/C11H15N3O4/c15-10(7-1-2-8(5-7)11(16)17)12-4-3-9-13-6-14-18-9/h6-8H,1-5H2,(H,12,15)(H,16,17). The third-order valence-electron chi connectivity index (χ3n) is 3.20. The van der Waals surface area contributed by atoms with E-state index in [9.17, 15) is 9.59 Å². The van der Waals surface area contributed by atoms with Gasteiger partial charge in [-0.1, -0.05) is 5.16 Å². The Hall–Kier alpha value is -1.92. The highest BCUT2D eigenvalue weighted by atomic mass is 16.5. The van der Waals surface area contributed by atoms with Crippen LogP contribution in [0.15, 0.2) is 10.9 Å². The van der Waals surface area contributed by atoms with E-state index < -0.39 is 5.97 Å². The first kappa shape index (κ1) is 12.5. The van der Waals surface area contributed by atoms with Gasteiger partial charge in [0.15, 0.2) is 6.33 Å². The van der Waals surface area contributed by atoms with Gasteiger partial charge < -0.3 is 14.9 Å². The molecular weight excluding hydrogens is 238 g/mol. The van der Waals surface area contributed by atoms with Crippen LogP contribution in [0.2, 0.25) is 0 Å². The molecule has 0 aliphatic heterocycles. The number of aliphatic carboxylic acids is 1. The second-order valence-electron chi connectivity index (χ2n) is 4.42. The molecule has 7 heteroatoms. The third-order valence-corrected chi connectivity index (χ3v) is 3.20. The maximum Gasteiger partial charge on any atom is 0.306 e. The number of carbonyl (C=O) groups is 2. The summed E-state index contributed by atoms with van der Waals surface area (Å²) in [6, 6.07) is 0. The van der Waals surface area contributed by atoms with Crippen LogP contribution in [0.5, 0.6) is 0 Å².